The van der Waals surface area contributed by atoms with Gasteiger partial charge < -0.3 is 20.4 Å². The molecular weight excluding hydrogens is 232 g/mol. The first-order valence-corrected chi connectivity index (χ1v) is 6.30. The molecule has 0 aliphatic carbocycles. The highest BCUT2D eigenvalue weighted by atomic mass is 16.3. The molecule has 1 aliphatic rings. The molecule has 0 amide bonds. The first-order chi connectivity index (χ1) is 8.63. The van der Waals surface area contributed by atoms with Crippen LogP contribution in [0.2, 0.25) is 0 Å². The lowest BCUT2D eigenvalue weighted by atomic mass is 10.3. The molecule has 1 aromatic heterocycles. The fourth-order valence-corrected chi connectivity index (χ4v) is 2.12. The standard InChI is InChI=1S/C12H20N4O2/c1-3-4-13-11-8(2)12(15-7-14-11)16-5-9(17)10(18)6-16/h7,9-10,17-18H,3-6H2,1-2H3,(H,13,14,15). The third-order valence-electron chi connectivity index (χ3n) is 3.16. The van der Waals surface area contributed by atoms with Crippen molar-refractivity contribution in [1.29, 1.82) is 0 Å². The van der Waals surface area contributed by atoms with Crippen molar-refractivity contribution in [1.82, 2.24) is 9.97 Å². The van der Waals surface area contributed by atoms with E-state index in [1.807, 2.05) is 11.8 Å². The predicted molar refractivity (Wildman–Crippen MR) is 69.8 cm³/mol. The van der Waals surface area contributed by atoms with Crippen LogP contribution >= 0.6 is 0 Å². The van der Waals surface area contributed by atoms with Crippen LogP contribution in [0.3, 0.4) is 0 Å². The zero-order valence-corrected chi connectivity index (χ0v) is 10.8. The highest BCUT2D eigenvalue weighted by Gasteiger charge is 2.31. The summed E-state index contributed by atoms with van der Waals surface area (Å²) in [6.07, 6.45) is 1.13. The zero-order chi connectivity index (χ0) is 13.1. The Balaban J connectivity index is 2.18. The van der Waals surface area contributed by atoms with Crippen molar-refractivity contribution in [2.24, 2.45) is 0 Å². The van der Waals surface area contributed by atoms with Gasteiger partial charge in [0.25, 0.3) is 0 Å². The van der Waals surface area contributed by atoms with Crippen molar-refractivity contribution in [3.8, 4) is 0 Å². The van der Waals surface area contributed by atoms with Crippen LogP contribution < -0.4 is 10.2 Å². The van der Waals surface area contributed by atoms with Crippen LogP contribution in [-0.4, -0.2) is 52.0 Å². The molecule has 6 heteroatoms. The van der Waals surface area contributed by atoms with Gasteiger partial charge in [0, 0.05) is 25.2 Å². The minimum Gasteiger partial charge on any atom is -0.389 e. The number of hydrogen-bond donors (Lipinski definition) is 3. The van der Waals surface area contributed by atoms with Gasteiger partial charge in [-0.05, 0) is 13.3 Å². The predicted octanol–water partition coefficient (Wildman–Crippen LogP) is 0.149. The summed E-state index contributed by atoms with van der Waals surface area (Å²) >= 11 is 0. The molecule has 1 fully saturated rings. The van der Waals surface area contributed by atoms with E-state index in [1.165, 1.54) is 6.33 Å². The lowest BCUT2D eigenvalue weighted by molar-refractivity contribution is 0.0572. The number of hydrogen-bond acceptors (Lipinski definition) is 6. The summed E-state index contributed by atoms with van der Waals surface area (Å²) in [4.78, 5) is 10.4. The smallest absolute Gasteiger partial charge is 0.137 e. The molecule has 6 nitrogen and oxygen atoms in total. The third-order valence-corrected chi connectivity index (χ3v) is 3.16. The van der Waals surface area contributed by atoms with Crippen molar-refractivity contribution >= 4 is 11.6 Å². The summed E-state index contributed by atoms with van der Waals surface area (Å²) in [6, 6.07) is 0. The van der Waals surface area contributed by atoms with E-state index in [0.29, 0.717) is 13.1 Å². The van der Waals surface area contributed by atoms with Gasteiger partial charge in [0.2, 0.25) is 0 Å². The Labute approximate surface area is 107 Å². The number of aromatic nitrogens is 2. The first kappa shape index (κ1) is 13.0. The molecule has 0 radical (unpaired) electrons. The summed E-state index contributed by atoms with van der Waals surface area (Å²) < 4.78 is 0. The zero-order valence-electron chi connectivity index (χ0n) is 10.8. The second-order valence-corrected chi connectivity index (χ2v) is 4.64. The first-order valence-electron chi connectivity index (χ1n) is 6.30. The van der Waals surface area contributed by atoms with Crippen molar-refractivity contribution in [2.45, 2.75) is 32.5 Å². The highest BCUT2D eigenvalue weighted by Crippen LogP contribution is 2.25. The molecule has 0 spiro atoms. The summed E-state index contributed by atoms with van der Waals surface area (Å²) in [7, 11) is 0. The maximum atomic E-state index is 9.58. The van der Waals surface area contributed by atoms with Gasteiger partial charge in [-0.3, -0.25) is 0 Å². The average molecular weight is 252 g/mol. The van der Waals surface area contributed by atoms with Gasteiger partial charge >= 0.3 is 0 Å². The molecule has 18 heavy (non-hydrogen) atoms. The molecule has 1 saturated heterocycles. The van der Waals surface area contributed by atoms with E-state index in [0.717, 1.165) is 30.2 Å². The normalized spacial score (nSPS) is 23.4. The Morgan fingerprint density at radius 2 is 2.00 bits per heavy atom. The number of nitrogens with zero attached hydrogens (tertiary/aromatic N) is 3. The minimum atomic E-state index is -0.702. The number of β-amino-alcohol motifs (C(OH)–C–C–N with tert-alkyl or cyclic N) is 2. The molecule has 0 bridgehead atoms. The molecule has 0 aromatic carbocycles. The molecule has 2 atom stereocenters. The van der Waals surface area contributed by atoms with E-state index in [9.17, 15) is 10.2 Å². The van der Waals surface area contributed by atoms with Crippen LogP contribution in [0.25, 0.3) is 0 Å². The summed E-state index contributed by atoms with van der Waals surface area (Å²) in [6.45, 7) is 5.73. The van der Waals surface area contributed by atoms with Gasteiger partial charge in [0.15, 0.2) is 0 Å². The molecular formula is C12H20N4O2. The summed E-state index contributed by atoms with van der Waals surface area (Å²) in [5.41, 5.74) is 0.951. The van der Waals surface area contributed by atoms with Crippen LogP contribution in [0, 0.1) is 6.92 Å². The van der Waals surface area contributed by atoms with Crippen LogP contribution in [0.5, 0.6) is 0 Å². The van der Waals surface area contributed by atoms with Gasteiger partial charge in [-0.25, -0.2) is 9.97 Å². The third kappa shape index (κ3) is 2.54. The average Bonchev–Trinajstić information content (AvgIpc) is 2.68. The van der Waals surface area contributed by atoms with Crippen LogP contribution in [0.1, 0.15) is 18.9 Å². The summed E-state index contributed by atoms with van der Waals surface area (Å²) in [5.74, 6) is 1.59. The lowest BCUT2D eigenvalue weighted by Crippen LogP contribution is -2.24. The number of nitrogens with one attached hydrogen (secondary N) is 1. The van der Waals surface area contributed by atoms with E-state index in [2.05, 4.69) is 22.2 Å². The second-order valence-electron chi connectivity index (χ2n) is 4.64. The number of rotatable bonds is 4. The molecule has 2 unspecified atom stereocenters. The largest absolute Gasteiger partial charge is 0.389 e. The van der Waals surface area contributed by atoms with E-state index >= 15 is 0 Å². The Bertz CT molecular complexity index is 403. The van der Waals surface area contributed by atoms with Gasteiger partial charge in [-0.2, -0.15) is 0 Å². The topological polar surface area (TPSA) is 81.5 Å². The maximum absolute atomic E-state index is 9.58. The maximum Gasteiger partial charge on any atom is 0.137 e. The Morgan fingerprint density at radius 3 is 2.61 bits per heavy atom. The molecule has 100 valence electrons. The monoisotopic (exact) mass is 252 g/mol. The Morgan fingerprint density at radius 1 is 1.33 bits per heavy atom. The van der Waals surface area contributed by atoms with Gasteiger partial charge in [0.05, 0.1) is 12.2 Å². The highest BCUT2D eigenvalue weighted by molar-refractivity contribution is 5.58. The van der Waals surface area contributed by atoms with Crippen LogP contribution in [0.15, 0.2) is 6.33 Å². The number of aliphatic hydroxyl groups excluding tert-OH is 2. The van der Waals surface area contributed by atoms with Crippen LogP contribution in [0.4, 0.5) is 11.6 Å². The Kier molecular flexibility index (Phi) is 3.98. The fraction of sp³-hybridized carbons (Fsp3) is 0.667. The summed E-state index contributed by atoms with van der Waals surface area (Å²) in [5, 5.41) is 22.4. The second kappa shape index (κ2) is 5.49. The molecule has 3 N–H and O–H groups in total. The Hall–Kier alpha value is -1.40. The van der Waals surface area contributed by atoms with Crippen LogP contribution in [-0.2, 0) is 0 Å². The van der Waals surface area contributed by atoms with Crippen molar-refractivity contribution in [2.75, 3.05) is 29.9 Å². The van der Waals surface area contributed by atoms with Crippen molar-refractivity contribution < 1.29 is 10.2 Å². The SMILES string of the molecule is CCCNc1ncnc(N2CC(O)C(O)C2)c1C. The lowest BCUT2D eigenvalue weighted by Gasteiger charge is -2.20. The van der Waals surface area contributed by atoms with E-state index < -0.39 is 12.2 Å². The van der Waals surface area contributed by atoms with Gasteiger partial charge in [-0.15, -0.1) is 0 Å². The van der Waals surface area contributed by atoms with Crippen molar-refractivity contribution in [3.05, 3.63) is 11.9 Å². The molecule has 2 heterocycles. The number of anilines is 2. The number of aliphatic hydroxyl groups is 2. The molecule has 1 aromatic rings. The fourth-order valence-electron chi connectivity index (χ4n) is 2.12. The van der Waals surface area contributed by atoms with E-state index in [1.54, 1.807) is 0 Å². The van der Waals surface area contributed by atoms with Gasteiger partial charge in [0.1, 0.15) is 18.0 Å². The molecule has 2 rings (SSSR count). The molecule has 0 saturated carbocycles. The molecule has 1 aliphatic heterocycles. The van der Waals surface area contributed by atoms with E-state index in [4.69, 9.17) is 0 Å². The van der Waals surface area contributed by atoms with Gasteiger partial charge in [-0.1, -0.05) is 6.92 Å². The van der Waals surface area contributed by atoms with Crippen molar-refractivity contribution in [3.63, 3.8) is 0 Å². The van der Waals surface area contributed by atoms with E-state index in [-0.39, 0.29) is 0 Å². The minimum absolute atomic E-state index is 0.409. The quantitative estimate of drug-likeness (QED) is 0.707.